The Kier molecular flexibility index (Phi) is 6.63. The average molecular weight is 426 g/mol. The van der Waals surface area contributed by atoms with E-state index in [0.717, 1.165) is 11.3 Å². The van der Waals surface area contributed by atoms with E-state index in [1.165, 1.54) is 17.8 Å². The van der Waals surface area contributed by atoms with Gasteiger partial charge in [0, 0.05) is 27.9 Å². The lowest BCUT2D eigenvalue weighted by Gasteiger charge is -2.11. The summed E-state index contributed by atoms with van der Waals surface area (Å²) in [5.41, 5.74) is 1.42. The van der Waals surface area contributed by atoms with E-state index in [-0.39, 0.29) is 12.4 Å². The van der Waals surface area contributed by atoms with Crippen LogP contribution < -0.4 is 4.74 Å². The van der Waals surface area contributed by atoms with Gasteiger partial charge >= 0.3 is 0 Å². The number of ether oxygens (including phenoxy) is 1. The maximum absolute atomic E-state index is 13.9. The molecule has 0 bridgehead atoms. The van der Waals surface area contributed by atoms with Crippen LogP contribution in [0.4, 0.5) is 4.39 Å². The molecule has 2 aromatic carbocycles. The zero-order chi connectivity index (χ0) is 19.4. The van der Waals surface area contributed by atoms with Crippen LogP contribution in [0.3, 0.4) is 0 Å². The molecule has 0 radical (unpaired) electrons. The summed E-state index contributed by atoms with van der Waals surface area (Å²) < 4.78 is 21.8. The molecule has 27 heavy (non-hydrogen) atoms. The highest BCUT2D eigenvalue weighted by molar-refractivity contribution is 7.98. The molecule has 0 saturated carbocycles. The fraction of sp³-hybridized carbons (Fsp3) is 0.263. The molecule has 0 aliphatic rings. The second-order valence-corrected chi connectivity index (χ2v) is 7.62. The van der Waals surface area contributed by atoms with Gasteiger partial charge in [-0.2, -0.15) is 0 Å². The highest BCUT2D eigenvalue weighted by Crippen LogP contribution is 2.28. The summed E-state index contributed by atoms with van der Waals surface area (Å²) in [6, 6.07) is 10.1. The molecule has 0 aliphatic carbocycles. The summed E-state index contributed by atoms with van der Waals surface area (Å²) in [6.07, 6.45) is 0. The Morgan fingerprint density at radius 3 is 2.70 bits per heavy atom. The van der Waals surface area contributed by atoms with Crippen molar-refractivity contribution in [1.29, 1.82) is 0 Å². The van der Waals surface area contributed by atoms with Crippen molar-refractivity contribution in [1.82, 2.24) is 14.8 Å². The minimum atomic E-state index is -0.320. The van der Waals surface area contributed by atoms with E-state index in [0.29, 0.717) is 38.9 Å². The van der Waals surface area contributed by atoms with Crippen LogP contribution in [-0.2, 0) is 18.9 Å². The lowest BCUT2D eigenvalue weighted by molar-refractivity contribution is 0.286. The number of rotatable bonds is 7. The highest BCUT2D eigenvalue weighted by Gasteiger charge is 2.15. The minimum absolute atomic E-state index is 0.282. The Hall–Kier alpha value is -1.76. The van der Waals surface area contributed by atoms with Gasteiger partial charge in [0.15, 0.2) is 11.0 Å². The summed E-state index contributed by atoms with van der Waals surface area (Å²) in [5, 5.41) is 10.2. The number of benzene rings is 2. The van der Waals surface area contributed by atoms with Gasteiger partial charge in [-0.25, -0.2) is 4.39 Å². The van der Waals surface area contributed by atoms with Crippen molar-refractivity contribution in [3.8, 4) is 5.75 Å². The van der Waals surface area contributed by atoms with E-state index in [1.807, 2.05) is 30.5 Å². The molecule has 0 spiro atoms. The van der Waals surface area contributed by atoms with Crippen molar-refractivity contribution < 1.29 is 9.13 Å². The third-order valence-electron chi connectivity index (χ3n) is 4.01. The van der Waals surface area contributed by atoms with Gasteiger partial charge < -0.3 is 9.30 Å². The predicted octanol–water partition coefficient (Wildman–Crippen LogP) is 5.92. The normalized spacial score (nSPS) is 11.0. The van der Waals surface area contributed by atoms with Crippen molar-refractivity contribution in [2.24, 2.45) is 0 Å². The maximum Gasteiger partial charge on any atom is 0.191 e. The molecule has 4 nitrogen and oxygen atoms in total. The van der Waals surface area contributed by atoms with Crippen LogP contribution in [0, 0.1) is 12.7 Å². The van der Waals surface area contributed by atoms with Crippen LogP contribution in [0.2, 0.25) is 10.0 Å². The standard InChI is InChI=1S/C19H18Cl2FN3OS/c1-3-25-18(10-26-17-8-7-13(20)9-12(17)2)23-24-19(25)27-11-14-15(21)5-4-6-16(14)22/h4-9H,3,10-11H2,1-2H3. The van der Waals surface area contributed by atoms with E-state index in [4.69, 9.17) is 27.9 Å². The molecule has 3 aromatic rings. The lowest BCUT2D eigenvalue weighted by Crippen LogP contribution is -2.07. The molecule has 1 aromatic heterocycles. The van der Waals surface area contributed by atoms with Crippen LogP contribution >= 0.6 is 35.0 Å². The van der Waals surface area contributed by atoms with E-state index in [1.54, 1.807) is 18.2 Å². The zero-order valence-corrected chi connectivity index (χ0v) is 17.2. The van der Waals surface area contributed by atoms with Gasteiger partial charge in [-0.1, -0.05) is 41.0 Å². The fourth-order valence-corrected chi connectivity index (χ4v) is 4.17. The average Bonchev–Trinajstić information content (AvgIpc) is 3.02. The van der Waals surface area contributed by atoms with Crippen LogP contribution in [-0.4, -0.2) is 14.8 Å². The molecule has 0 N–H and O–H groups in total. The van der Waals surface area contributed by atoms with Crippen molar-refractivity contribution in [2.45, 2.75) is 37.9 Å². The SMILES string of the molecule is CCn1c(COc2ccc(Cl)cc2C)nnc1SCc1c(F)cccc1Cl. The fourth-order valence-electron chi connectivity index (χ4n) is 2.57. The Balaban J connectivity index is 1.71. The van der Waals surface area contributed by atoms with Gasteiger partial charge in [0.25, 0.3) is 0 Å². The van der Waals surface area contributed by atoms with E-state index < -0.39 is 0 Å². The zero-order valence-electron chi connectivity index (χ0n) is 14.9. The highest BCUT2D eigenvalue weighted by atomic mass is 35.5. The summed E-state index contributed by atoms with van der Waals surface area (Å²) in [5.74, 6) is 1.51. The number of hydrogen-bond acceptors (Lipinski definition) is 4. The van der Waals surface area contributed by atoms with Gasteiger partial charge in [-0.15, -0.1) is 10.2 Å². The number of aromatic nitrogens is 3. The number of aryl methyl sites for hydroxylation is 1. The summed E-state index contributed by atoms with van der Waals surface area (Å²) in [6.45, 7) is 4.90. The molecule has 8 heteroatoms. The van der Waals surface area contributed by atoms with Crippen LogP contribution in [0.5, 0.6) is 5.75 Å². The Bertz CT molecular complexity index is 928. The summed E-state index contributed by atoms with van der Waals surface area (Å²) in [4.78, 5) is 0. The van der Waals surface area contributed by atoms with Crippen LogP contribution in [0.1, 0.15) is 23.9 Å². The molecular formula is C19H18Cl2FN3OS. The molecule has 142 valence electrons. The van der Waals surface area contributed by atoms with E-state index in [9.17, 15) is 4.39 Å². The largest absolute Gasteiger partial charge is 0.485 e. The predicted molar refractivity (Wildman–Crippen MR) is 107 cm³/mol. The first-order chi connectivity index (χ1) is 13.0. The molecule has 0 amide bonds. The van der Waals surface area contributed by atoms with Gasteiger partial charge in [0.1, 0.15) is 18.2 Å². The van der Waals surface area contributed by atoms with Crippen molar-refractivity contribution in [3.63, 3.8) is 0 Å². The molecule has 0 saturated heterocycles. The number of thioether (sulfide) groups is 1. The first-order valence-electron chi connectivity index (χ1n) is 8.36. The second kappa shape index (κ2) is 8.95. The monoisotopic (exact) mass is 425 g/mol. The maximum atomic E-state index is 13.9. The molecule has 0 fully saturated rings. The minimum Gasteiger partial charge on any atom is -0.485 e. The quantitative estimate of drug-likeness (QED) is 0.440. The molecule has 1 heterocycles. The smallest absolute Gasteiger partial charge is 0.191 e. The Morgan fingerprint density at radius 2 is 2.00 bits per heavy atom. The van der Waals surface area contributed by atoms with E-state index in [2.05, 4.69) is 10.2 Å². The second-order valence-electron chi connectivity index (χ2n) is 5.83. The van der Waals surface area contributed by atoms with Gasteiger partial charge in [-0.3, -0.25) is 0 Å². The van der Waals surface area contributed by atoms with Gasteiger partial charge in [0.05, 0.1) is 0 Å². The number of halogens is 3. The first-order valence-corrected chi connectivity index (χ1v) is 10.1. The summed E-state index contributed by atoms with van der Waals surface area (Å²) in [7, 11) is 0. The number of nitrogens with zero attached hydrogens (tertiary/aromatic N) is 3. The van der Waals surface area contributed by atoms with Crippen LogP contribution in [0.25, 0.3) is 0 Å². The first kappa shape index (κ1) is 20.0. The Labute approximate surface area is 171 Å². The molecule has 3 rings (SSSR count). The van der Waals surface area contributed by atoms with Crippen molar-refractivity contribution in [2.75, 3.05) is 0 Å². The topological polar surface area (TPSA) is 39.9 Å². The lowest BCUT2D eigenvalue weighted by atomic mass is 10.2. The molecule has 0 aliphatic heterocycles. The number of hydrogen-bond donors (Lipinski definition) is 0. The van der Waals surface area contributed by atoms with Crippen molar-refractivity contribution in [3.05, 3.63) is 69.2 Å². The molecule has 0 atom stereocenters. The van der Waals surface area contributed by atoms with Gasteiger partial charge in [-0.05, 0) is 49.7 Å². The third-order valence-corrected chi connectivity index (χ3v) is 5.59. The molecule has 0 unspecified atom stereocenters. The summed E-state index contributed by atoms with van der Waals surface area (Å²) >= 11 is 13.5. The molecular weight excluding hydrogens is 408 g/mol. The van der Waals surface area contributed by atoms with Crippen LogP contribution in [0.15, 0.2) is 41.6 Å². The van der Waals surface area contributed by atoms with E-state index >= 15 is 0 Å². The third kappa shape index (κ3) is 4.75. The Morgan fingerprint density at radius 1 is 1.19 bits per heavy atom. The van der Waals surface area contributed by atoms with Gasteiger partial charge in [0.2, 0.25) is 0 Å². The van der Waals surface area contributed by atoms with Crippen molar-refractivity contribution >= 4 is 35.0 Å².